The third-order valence-corrected chi connectivity index (χ3v) is 14.7. The normalized spacial score (nSPS) is 13.9. The number of hydrogen-bond donors (Lipinski definition) is 1. The molecule has 0 amide bonds. The second-order valence-corrected chi connectivity index (χ2v) is 19.0. The second-order valence-electron chi connectivity index (χ2n) is 19.0. The van der Waals surface area contributed by atoms with Crippen LogP contribution in [0.15, 0.2) is 241 Å². The average Bonchev–Trinajstić information content (AvgIpc) is 3.77. The van der Waals surface area contributed by atoms with Gasteiger partial charge in [0.2, 0.25) is 0 Å². The highest BCUT2D eigenvalue weighted by molar-refractivity contribution is 6.33. The smallest absolute Gasteiger partial charge is 0.147 e. The van der Waals surface area contributed by atoms with Crippen molar-refractivity contribution in [2.24, 2.45) is 4.99 Å². The number of benzene rings is 10. The average molecular weight is 914 g/mol. The van der Waals surface area contributed by atoms with Gasteiger partial charge in [0, 0.05) is 33.2 Å². The fourth-order valence-corrected chi connectivity index (χ4v) is 11.1. The zero-order valence-corrected chi connectivity index (χ0v) is 40.5. The standard InChI is InChI=1S/C68H55N3/c1-4-48-20-9-11-28-57(48)49-39-36-47(37-40-49)44-69-68(50-21-6-5-7-22-50)70-71-66-58(33-18-34-63(66)65-61-31-14-12-29-59(61)60-30-13-15-32-62(60)67(65)71)55-26-17-25-53(42-55)51-23-16-24-52(41-51)54-38-35-46(3)64(43-54)56-27-10-8-19-45(56)2/h5-39,41-43,49H,4,40,44H2,1-3H3,(H,69,70). The van der Waals surface area contributed by atoms with Crippen LogP contribution in [0.2, 0.25) is 0 Å². The number of aromatic nitrogens is 1. The lowest BCUT2D eigenvalue weighted by molar-refractivity contribution is 0.823. The molecular weight excluding hydrogens is 859 g/mol. The van der Waals surface area contributed by atoms with E-state index in [1.165, 1.54) is 93.5 Å². The van der Waals surface area contributed by atoms with Crippen LogP contribution in [0, 0.1) is 13.8 Å². The van der Waals surface area contributed by atoms with Crippen molar-refractivity contribution in [2.75, 3.05) is 12.0 Å². The van der Waals surface area contributed by atoms with Crippen molar-refractivity contribution in [1.82, 2.24) is 4.68 Å². The van der Waals surface area contributed by atoms with Crippen LogP contribution in [0.25, 0.3) is 87.9 Å². The van der Waals surface area contributed by atoms with E-state index in [-0.39, 0.29) is 0 Å². The molecule has 10 aromatic carbocycles. The van der Waals surface area contributed by atoms with Gasteiger partial charge in [-0.3, -0.25) is 15.1 Å². The van der Waals surface area contributed by atoms with Crippen molar-refractivity contribution in [3.63, 3.8) is 0 Å². The molecule has 1 aromatic heterocycles. The molecule has 0 fully saturated rings. The van der Waals surface area contributed by atoms with Crippen molar-refractivity contribution >= 4 is 49.2 Å². The monoisotopic (exact) mass is 913 g/mol. The van der Waals surface area contributed by atoms with Gasteiger partial charge in [-0.15, -0.1) is 0 Å². The predicted octanol–water partition coefficient (Wildman–Crippen LogP) is 17.6. The molecule has 3 heteroatoms. The molecule has 1 N–H and O–H groups in total. The van der Waals surface area contributed by atoms with Gasteiger partial charge in [-0.1, -0.05) is 219 Å². The quantitative estimate of drug-likeness (QED) is 0.0827. The maximum atomic E-state index is 5.47. The molecule has 0 aliphatic heterocycles. The van der Waals surface area contributed by atoms with Crippen LogP contribution in [0.3, 0.4) is 0 Å². The molecular formula is C68H55N3. The summed E-state index contributed by atoms with van der Waals surface area (Å²) < 4.78 is 2.35. The Balaban J connectivity index is 0.995. The SMILES string of the molecule is CCc1ccccc1C1C=CC(CN=C(Nn2c3c(-c4cccc(-c5cccc(-c6ccc(C)c(-c7ccccc7C)c6)c5)c4)cccc3c3c4ccccc4c4ccccc4c32)c2ccccc2)=CC1. The number of aryl methyl sites for hydroxylation is 3. The number of hydrogen-bond acceptors (Lipinski definition) is 1. The molecule has 1 heterocycles. The number of nitrogens with one attached hydrogen (secondary N) is 1. The summed E-state index contributed by atoms with van der Waals surface area (Å²) in [5.74, 6) is 1.19. The van der Waals surface area contributed by atoms with Crippen LogP contribution >= 0.6 is 0 Å². The van der Waals surface area contributed by atoms with E-state index in [2.05, 4.69) is 261 Å². The molecule has 11 aromatic rings. The molecule has 12 rings (SSSR count). The summed E-state index contributed by atoms with van der Waals surface area (Å²) in [5, 5.41) is 7.29. The number of allylic oxidation sites excluding steroid dienone is 2. The first kappa shape index (κ1) is 43.7. The van der Waals surface area contributed by atoms with Crippen LogP contribution < -0.4 is 5.43 Å². The Kier molecular flexibility index (Phi) is 11.6. The first-order valence-electron chi connectivity index (χ1n) is 25.1. The molecule has 1 aliphatic rings. The highest BCUT2D eigenvalue weighted by atomic mass is 15.4. The number of nitrogens with zero attached hydrogens (tertiary/aromatic N) is 2. The number of fused-ring (bicyclic) bond motifs is 8. The Hall–Kier alpha value is -8.53. The first-order valence-corrected chi connectivity index (χ1v) is 25.1. The van der Waals surface area contributed by atoms with E-state index >= 15 is 0 Å². The Labute approximate surface area is 416 Å². The summed E-state index contributed by atoms with van der Waals surface area (Å²) in [5.41, 5.74) is 23.5. The minimum atomic E-state index is 0.373. The van der Waals surface area contributed by atoms with Crippen molar-refractivity contribution < 1.29 is 0 Å². The molecule has 0 spiro atoms. The predicted molar refractivity (Wildman–Crippen MR) is 303 cm³/mol. The number of para-hydroxylation sites is 1. The highest BCUT2D eigenvalue weighted by Gasteiger charge is 2.23. The molecule has 1 unspecified atom stereocenters. The van der Waals surface area contributed by atoms with E-state index in [1.807, 2.05) is 0 Å². The minimum absolute atomic E-state index is 0.373. The lowest BCUT2D eigenvalue weighted by Gasteiger charge is -2.20. The van der Waals surface area contributed by atoms with Crippen LogP contribution in [-0.4, -0.2) is 17.1 Å². The van der Waals surface area contributed by atoms with Gasteiger partial charge in [0.15, 0.2) is 0 Å². The molecule has 1 aliphatic carbocycles. The third kappa shape index (κ3) is 8.14. The van der Waals surface area contributed by atoms with Gasteiger partial charge >= 0.3 is 0 Å². The molecule has 342 valence electrons. The van der Waals surface area contributed by atoms with Gasteiger partial charge in [0.1, 0.15) is 5.84 Å². The van der Waals surface area contributed by atoms with Crippen molar-refractivity contribution in [2.45, 2.75) is 39.5 Å². The van der Waals surface area contributed by atoms with Gasteiger partial charge in [0.25, 0.3) is 0 Å². The fraction of sp³-hybridized carbons (Fsp3) is 0.103. The number of aliphatic imine (C=N–C) groups is 1. The van der Waals surface area contributed by atoms with E-state index in [1.54, 1.807) is 0 Å². The fourth-order valence-electron chi connectivity index (χ4n) is 11.1. The maximum absolute atomic E-state index is 5.47. The minimum Gasteiger partial charge on any atom is -0.277 e. The lowest BCUT2D eigenvalue weighted by Crippen LogP contribution is -2.24. The number of amidine groups is 1. The van der Waals surface area contributed by atoms with E-state index < -0.39 is 0 Å². The molecule has 71 heavy (non-hydrogen) atoms. The van der Waals surface area contributed by atoms with Crippen LogP contribution in [0.4, 0.5) is 0 Å². The topological polar surface area (TPSA) is 29.3 Å². The zero-order chi connectivity index (χ0) is 47.8. The molecule has 0 saturated carbocycles. The van der Waals surface area contributed by atoms with E-state index in [9.17, 15) is 0 Å². The second kappa shape index (κ2) is 18.8. The van der Waals surface area contributed by atoms with Crippen molar-refractivity contribution in [1.29, 1.82) is 0 Å². The summed E-state index contributed by atoms with van der Waals surface area (Å²) in [6.07, 6.45) is 9.05. The highest BCUT2D eigenvalue weighted by Crippen LogP contribution is 2.44. The molecule has 0 bridgehead atoms. The van der Waals surface area contributed by atoms with Crippen LogP contribution in [0.1, 0.15) is 47.1 Å². The molecule has 0 saturated heterocycles. The molecule has 0 radical (unpaired) electrons. The van der Waals surface area contributed by atoms with Crippen LogP contribution in [0.5, 0.6) is 0 Å². The summed E-state index contributed by atoms with van der Waals surface area (Å²) in [7, 11) is 0. The van der Waals surface area contributed by atoms with Gasteiger partial charge in [-0.2, -0.15) is 0 Å². The largest absolute Gasteiger partial charge is 0.277 e. The summed E-state index contributed by atoms with van der Waals surface area (Å²) in [6.45, 7) is 7.21. The van der Waals surface area contributed by atoms with E-state index in [0.29, 0.717) is 12.5 Å². The van der Waals surface area contributed by atoms with Gasteiger partial charge in [0.05, 0.1) is 17.6 Å². The Morgan fingerprint density at radius 2 is 1.10 bits per heavy atom. The zero-order valence-electron chi connectivity index (χ0n) is 40.5. The molecule has 3 nitrogen and oxygen atoms in total. The van der Waals surface area contributed by atoms with Crippen molar-refractivity contribution in [3.05, 3.63) is 264 Å². The Bertz CT molecular complexity index is 3920. The number of rotatable bonds is 10. The molecule has 1 atom stereocenters. The Morgan fingerprint density at radius 3 is 1.85 bits per heavy atom. The Morgan fingerprint density at radius 1 is 0.507 bits per heavy atom. The van der Waals surface area contributed by atoms with Crippen molar-refractivity contribution in [3.8, 4) is 44.5 Å². The summed E-state index contributed by atoms with van der Waals surface area (Å²) in [6, 6.07) is 77.6. The van der Waals surface area contributed by atoms with Gasteiger partial charge < -0.3 is 0 Å². The third-order valence-electron chi connectivity index (χ3n) is 14.7. The first-order chi connectivity index (χ1) is 35.0. The van der Waals surface area contributed by atoms with E-state index in [0.717, 1.165) is 46.4 Å². The van der Waals surface area contributed by atoms with Crippen LogP contribution in [-0.2, 0) is 6.42 Å². The summed E-state index contributed by atoms with van der Waals surface area (Å²) in [4.78, 5) is 5.47. The van der Waals surface area contributed by atoms with Gasteiger partial charge in [-0.25, -0.2) is 0 Å². The van der Waals surface area contributed by atoms with E-state index in [4.69, 9.17) is 4.99 Å². The summed E-state index contributed by atoms with van der Waals surface area (Å²) >= 11 is 0. The van der Waals surface area contributed by atoms with Gasteiger partial charge in [-0.05, 0) is 128 Å². The lowest BCUT2D eigenvalue weighted by atomic mass is 9.87. The maximum Gasteiger partial charge on any atom is 0.147 e.